The van der Waals surface area contributed by atoms with E-state index >= 15 is 0 Å². The lowest BCUT2D eigenvalue weighted by atomic mass is 10.1. The third kappa shape index (κ3) is 5.71. The van der Waals surface area contributed by atoms with Gasteiger partial charge in [0.25, 0.3) is 5.91 Å². The minimum absolute atomic E-state index is 0.150. The van der Waals surface area contributed by atoms with Gasteiger partial charge in [-0.05, 0) is 42.8 Å². The number of hydrazone groups is 1. The molecule has 0 fully saturated rings. The predicted octanol–water partition coefficient (Wildman–Crippen LogP) is 6.68. The summed E-state index contributed by atoms with van der Waals surface area (Å²) >= 11 is 19.9. The fourth-order valence-corrected chi connectivity index (χ4v) is 4.81. The molecule has 0 aliphatic heterocycles. The summed E-state index contributed by atoms with van der Waals surface area (Å²) in [5.74, 6) is -0.0995. The smallest absolute Gasteiger partial charge is 0.250 e. The van der Waals surface area contributed by atoms with Gasteiger partial charge in [0.05, 0.1) is 34.1 Å². The number of fused-ring (bicyclic) bond motifs is 1. The van der Waals surface area contributed by atoms with Crippen LogP contribution in [0.1, 0.15) is 18.1 Å². The summed E-state index contributed by atoms with van der Waals surface area (Å²) in [6, 6.07) is 20.7. The summed E-state index contributed by atoms with van der Waals surface area (Å²) < 4.78 is 2.07. The van der Waals surface area contributed by atoms with Crippen molar-refractivity contribution in [1.29, 1.82) is 0 Å². The molecule has 1 aromatic heterocycles. The number of carbonyl (C=O) groups is 1. The molecule has 0 saturated heterocycles. The van der Waals surface area contributed by atoms with E-state index in [-0.39, 0.29) is 11.7 Å². The van der Waals surface area contributed by atoms with Gasteiger partial charge in [-0.2, -0.15) is 5.10 Å². The Morgan fingerprint density at radius 3 is 2.58 bits per heavy atom. The number of carbonyl (C=O) groups excluding carboxylic acids is 1. The number of rotatable bonds is 7. The van der Waals surface area contributed by atoms with E-state index in [0.29, 0.717) is 32.9 Å². The molecule has 1 N–H and O–H groups in total. The summed E-state index contributed by atoms with van der Waals surface area (Å²) in [4.78, 5) is 17.2. The van der Waals surface area contributed by atoms with Gasteiger partial charge < -0.3 is 4.57 Å². The monoisotopic (exact) mass is 516 g/mol. The van der Waals surface area contributed by atoms with Crippen LogP contribution in [0, 0.1) is 0 Å². The van der Waals surface area contributed by atoms with Crippen LogP contribution in [0.15, 0.2) is 77.0 Å². The molecule has 0 radical (unpaired) electrons. The molecule has 4 rings (SSSR count). The second kappa shape index (κ2) is 10.6. The topological polar surface area (TPSA) is 59.3 Å². The van der Waals surface area contributed by atoms with E-state index in [2.05, 4.69) is 15.1 Å². The van der Waals surface area contributed by atoms with Gasteiger partial charge in [0, 0.05) is 15.6 Å². The molecule has 4 aromatic rings. The molecular weight excluding hydrogens is 499 g/mol. The Morgan fingerprint density at radius 2 is 1.79 bits per heavy atom. The zero-order valence-electron chi connectivity index (χ0n) is 17.6. The van der Waals surface area contributed by atoms with Crippen molar-refractivity contribution in [1.82, 2.24) is 15.0 Å². The van der Waals surface area contributed by atoms with Crippen LogP contribution in [-0.2, 0) is 11.3 Å². The molecule has 1 amide bonds. The summed E-state index contributed by atoms with van der Waals surface area (Å²) in [7, 11) is 0. The first-order valence-corrected chi connectivity index (χ1v) is 12.1. The van der Waals surface area contributed by atoms with Crippen LogP contribution >= 0.6 is 46.6 Å². The van der Waals surface area contributed by atoms with Crippen molar-refractivity contribution in [2.45, 2.75) is 18.6 Å². The van der Waals surface area contributed by atoms with E-state index in [0.717, 1.165) is 21.8 Å². The van der Waals surface area contributed by atoms with Gasteiger partial charge in [-0.1, -0.05) is 83.0 Å². The van der Waals surface area contributed by atoms with Crippen molar-refractivity contribution in [3.8, 4) is 0 Å². The Hall–Kier alpha value is -2.51. The molecule has 0 saturated carbocycles. The predicted molar refractivity (Wildman–Crippen MR) is 138 cm³/mol. The third-order valence-electron chi connectivity index (χ3n) is 4.91. The highest BCUT2D eigenvalue weighted by Crippen LogP contribution is 2.27. The largest absolute Gasteiger partial charge is 0.314 e. The minimum atomic E-state index is -0.249. The SMILES string of the molecule is CC(=NNC(=O)CSc1nc2ccccc2n1Cc1ccccc1Cl)c1ccc(Cl)cc1Cl. The fourth-order valence-electron chi connectivity index (χ4n) is 3.27. The fraction of sp³-hybridized carbons (Fsp3) is 0.125. The molecule has 1 heterocycles. The normalized spacial score (nSPS) is 11.7. The van der Waals surface area contributed by atoms with Crippen LogP contribution in [0.25, 0.3) is 11.0 Å². The van der Waals surface area contributed by atoms with Crippen molar-refractivity contribution in [2.75, 3.05) is 5.75 Å². The molecule has 0 aliphatic carbocycles. The van der Waals surface area contributed by atoms with Gasteiger partial charge in [-0.25, -0.2) is 10.4 Å². The molecule has 33 heavy (non-hydrogen) atoms. The highest BCUT2D eigenvalue weighted by Gasteiger charge is 2.14. The van der Waals surface area contributed by atoms with Crippen molar-refractivity contribution >= 4 is 69.2 Å². The summed E-state index contributed by atoms with van der Waals surface area (Å²) in [5.41, 5.74) is 6.69. The maximum atomic E-state index is 12.5. The van der Waals surface area contributed by atoms with E-state index in [1.807, 2.05) is 48.5 Å². The molecule has 168 valence electrons. The highest BCUT2D eigenvalue weighted by atomic mass is 35.5. The van der Waals surface area contributed by atoms with Crippen molar-refractivity contribution in [3.05, 3.63) is 92.9 Å². The second-order valence-corrected chi connectivity index (χ2v) is 9.40. The quantitative estimate of drug-likeness (QED) is 0.169. The number of amides is 1. The zero-order valence-corrected chi connectivity index (χ0v) is 20.6. The van der Waals surface area contributed by atoms with E-state index in [9.17, 15) is 4.79 Å². The summed E-state index contributed by atoms with van der Waals surface area (Å²) in [6.07, 6.45) is 0. The Bertz CT molecular complexity index is 1350. The molecular formula is C24H19Cl3N4OS. The molecule has 0 unspecified atom stereocenters. The van der Waals surface area contributed by atoms with Gasteiger partial charge in [-0.3, -0.25) is 4.79 Å². The second-order valence-electron chi connectivity index (χ2n) is 7.21. The number of nitrogens with zero attached hydrogens (tertiary/aromatic N) is 3. The van der Waals surface area contributed by atoms with Crippen molar-refractivity contribution in [2.24, 2.45) is 5.10 Å². The van der Waals surface area contributed by atoms with Crippen LogP contribution in [0.4, 0.5) is 0 Å². The zero-order chi connectivity index (χ0) is 23.4. The standard InChI is InChI=1S/C24H19Cl3N4OS/c1-15(18-11-10-17(25)12-20(18)27)29-30-23(32)14-33-24-28-21-8-4-5-9-22(21)31(24)13-16-6-2-3-7-19(16)26/h2-12H,13-14H2,1H3,(H,30,32). The van der Waals surface area contributed by atoms with E-state index in [4.69, 9.17) is 39.8 Å². The summed E-state index contributed by atoms with van der Waals surface area (Å²) in [6.45, 7) is 2.32. The lowest BCUT2D eigenvalue weighted by molar-refractivity contribution is -0.118. The number of thioether (sulfide) groups is 1. The Balaban J connectivity index is 1.49. The molecule has 0 aliphatic rings. The molecule has 0 atom stereocenters. The van der Waals surface area contributed by atoms with E-state index in [1.165, 1.54) is 11.8 Å². The number of para-hydroxylation sites is 2. The number of hydrogen-bond acceptors (Lipinski definition) is 4. The molecule has 3 aromatic carbocycles. The molecule has 0 spiro atoms. The van der Waals surface area contributed by atoms with Gasteiger partial charge in [0.2, 0.25) is 0 Å². The van der Waals surface area contributed by atoms with Crippen LogP contribution in [-0.4, -0.2) is 26.9 Å². The van der Waals surface area contributed by atoms with Crippen LogP contribution in [0.5, 0.6) is 0 Å². The van der Waals surface area contributed by atoms with Gasteiger partial charge in [-0.15, -0.1) is 0 Å². The van der Waals surface area contributed by atoms with Gasteiger partial charge >= 0.3 is 0 Å². The van der Waals surface area contributed by atoms with Crippen LogP contribution in [0.3, 0.4) is 0 Å². The van der Waals surface area contributed by atoms with Gasteiger partial charge in [0.15, 0.2) is 5.16 Å². The summed E-state index contributed by atoms with van der Waals surface area (Å²) in [5, 5.41) is 6.60. The number of aromatic nitrogens is 2. The number of benzene rings is 3. The van der Waals surface area contributed by atoms with Gasteiger partial charge in [0.1, 0.15) is 0 Å². The number of imidazole rings is 1. The third-order valence-corrected chi connectivity index (χ3v) is 6.80. The van der Waals surface area contributed by atoms with E-state index < -0.39 is 0 Å². The highest BCUT2D eigenvalue weighted by molar-refractivity contribution is 7.99. The van der Waals surface area contributed by atoms with Crippen molar-refractivity contribution in [3.63, 3.8) is 0 Å². The van der Waals surface area contributed by atoms with Crippen molar-refractivity contribution < 1.29 is 4.79 Å². The maximum Gasteiger partial charge on any atom is 0.250 e. The average molecular weight is 518 g/mol. The first kappa shape index (κ1) is 23.6. The first-order chi connectivity index (χ1) is 15.9. The van der Waals surface area contributed by atoms with E-state index in [1.54, 1.807) is 25.1 Å². The first-order valence-electron chi connectivity index (χ1n) is 10.0. The lowest BCUT2D eigenvalue weighted by Gasteiger charge is -2.10. The number of hydrogen-bond donors (Lipinski definition) is 1. The number of nitrogens with one attached hydrogen (secondary N) is 1. The Morgan fingerprint density at radius 1 is 1.03 bits per heavy atom. The lowest BCUT2D eigenvalue weighted by Crippen LogP contribution is -2.21. The average Bonchev–Trinajstić information content (AvgIpc) is 3.15. The number of halogens is 3. The Labute approximate surface area is 210 Å². The van der Waals surface area contributed by atoms with Crippen LogP contribution < -0.4 is 5.43 Å². The van der Waals surface area contributed by atoms with Crippen LogP contribution in [0.2, 0.25) is 15.1 Å². The maximum absolute atomic E-state index is 12.5. The molecule has 0 bridgehead atoms. The minimum Gasteiger partial charge on any atom is -0.314 e. The molecule has 9 heteroatoms. The molecule has 5 nitrogen and oxygen atoms in total. The Kier molecular flexibility index (Phi) is 7.60.